The molecule has 0 radical (unpaired) electrons. The zero-order chi connectivity index (χ0) is 28.1. The molecule has 0 unspecified atom stereocenters. The summed E-state index contributed by atoms with van der Waals surface area (Å²) in [6.07, 6.45) is 0. The van der Waals surface area contributed by atoms with Crippen molar-refractivity contribution in [3.63, 3.8) is 0 Å². The molecule has 0 spiro atoms. The summed E-state index contributed by atoms with van der Waals surface area (Å²) in [4.78, 5) is 17.7. The van der Waals surface area contributed by atoms with Gasteiger partial charge in [0, 0.05) is 45.9 Å². The number of aromatic nitrogens is 2. The molecule has 1 aliphatic heterocycles. The molecule has 1 aromatic heterocycles. The quantitative estimate of drug-likeness (QED) is 0.309. The Kier molecular flexibility index (Phi) is 7.64. The van der Waals surface area contributed by atoms with E-state index in [-0.39, 0.29) is 17.6 Å². The van der Waals surface area contributed by atoms with Crippen LogP contribution in [0.15, 0.2) is 77.8 Å². The van der Waals surface area contributed by atoms with Crippen LogP contribution in [-0.4, -0.2) is 54.9 Å². The number of nitrogens with one attached hydrogen (secondary N) is 1. The third-order valence-corrected chi connectivity index (χ3v) is 6.33. The number of anilines is 3. The molecular weight excluding hydrogens is 504 g/mol. The summed E-state index contributed by atoms with van der Waals surface area (Å²) in [6, 6.07) is 24.9. The summed E-state index contributed by atoms with van der Waals surface area (Å²) >= 11 is 0. The monoisotopic (exact) mass is 534 g/mol. The minimum Gasteiger partial charge on any atom is -0.435 e. The largest absolute Gasteiger partial charge is 0.435 e. The molecule has 1 aliphatic rings. The van der Waals surface area contributed by atoms with E-state index in [0.717, 1.165) is 35.7 Å². The molecule has 3 aromatic carbocycles. The van der Waals surface area contributed by atoms with Crippen LogP contribution in [0.1, 0.15) is 16.7 Å². The summed E-state index contributed by atoms with van der Waals surface area (Å²) in [5, 5.41) is 12.7. The van der Waals surface area contributed by atoms with Gasteiger partial charge >= 0.3 is 6.01 Å². The SMILES string of the molecule is CN1CCN=C1c1cccc(Oc2nc(NCc3ccccc3)c(N)c(Oc3cc(C#N)ccc3N(C)C)n2)c1. The van der Waals surface area contributed by atoms with Crippen LogP contribution in [0.3, 0.4) is 0 Å². The van der Waals surface area contributed by atoms with E-state index in [1.165, 1.54) is 0 Å². The maximum atomic E-state index is 9.45. The van der Waals surface area contributed by atoms with E-state index >= 15 is 0 Å². The average molecular weight is 535 g/mol. The molecule has 3 N–H and O–H groups in total. The highest BCUT2D eigenvalue weighted by atomic mass is 16.5. The molecular formula is C30H30N8O2. The lowest BCUT2D eigenvalue weighted by atomic mass is 10.2. The molecule has 40 heavy (non-hydrogen) atoms. The molecule has 10 nitrogen and oxygen atoms in total. The number of aliphatic imine (C=N–C) groups is 1. The summed E-state index contributed by atoms with van der Waals surface area (Å²) in [5.74, 6) is 2.36. The lowest BCUT2D eigenvalue weighted by molar-refractivity contribution is 0.414. The molecule has 202 valence electrons. The Hall–Kier alpha value is -5.30. The minimum absolute atomic E-state index is 0.0569. The molecule has 0 fully saturated rings. The summed E-state index contributed by atoms with van der Waals surface area (Å²) < 4.78 is 12.3. The van der Waals surface area contributed by atoms with E-state index in [4.69, 9.17) is 15.2 Å². The normalized spacial score (nSPS) is 12.4. The number of nitrogen functional groups attached to an aromatic ring is 1. The first-order valence-corrected chi connectivity index (χ1v) is 12.8. The molecule has 0 bridgehead atoms. The highest BCUT2D eigenvalue weighted by Gasteiger charge is 2.19. The first kappa shape index (κ1) is 26.3. The van der Waals surface area contributed by atoms with Gasteiger partial charge in [0.25, 0.3) is 5.88 Å². The van der Waals surface area contributed by atoms with Gasteiger partial charge in [0.1, 0.15) is 17.3 Å². The van der Waals surface area contributed by atoms with Crippen LogP contribution in [0, 0.1) is 11.3 Å². The van der Waals surface area contributed by atoms with Gasteiger partial charge in [0.05, 0.1) is 23.9 Å². The third-order valence-electron chi connectivity index (χ3n) is 6.33. The molecule has 0 amide bonds. The minimum atomic E-state index is 0.0569. The maximum absolute atomic E-state index is 9.45. The molecule has 0 atom stereocenters. The van der Waals surface area contributed by atoms with Gasteiger partial charge in [-0.3, -0.25) is 4.99 Å². The zero-order valence-electron chi connectivity index (χ0n) is 22.6. The molecule has 0 aliphatic carbocycles. The second-order valence-electron chi connectivity index (χ2n) is 9.46. The van der Waals surface area contributed by atoms with Gasteiger partial charge in [0.15, 0.2) is 11.6 Å². The topological polar surface area (TPSA) is 125 Å². The number of amidine groups is 1. The van der Waals surface area contributed by atoms with Crippen LogP contribution in [0.5, 0.6) is 23.4 Å². The van der Waals surface area contributed by atoms with Crippen molar-refractivity contribution in [1.82, 2.24) is 14.9 Å². The van der Waals surface area contributed by atoms with Crippen molar-refractivity contribution < 1.29 is 9.47 Å². The van der Waals surface area contributed by atoms with Crippen LogP contribution < -0.4 is 25.4 Å². The van der Waals surface area contributed by atoms with Gasteiger partial charge in [-0.1, -0.05) is 42.5 Å². The standard InChI is InChI=1S/C30H30N8O2/c1-37(2)24-13-12-21(18-31)16-25(24)40-29-26(32)27(34-19-20-8-5-4-6-9-20)35-30(36-29)39-23-11-7-10-22(17-23)28-33-14-15-38(28)3/h4-13,16-17H,14-15,19,32H2,1-3H3,(H,34,35,36). The highest BCUT2D eigenvalue weighted by Crippen LogP contribution is 2.37. The van der Waals surface area contributed by atoms with Crippen molar-refractivity contribution in [3.8, 4) is 29.5 Å². The average Bonchev–Trinajstić information content (AvgIpc) is 3.40. The number of nitrogens with two attached hydrogens (primary N) is 1. The zero-order valence-corrected chi connectivity index (χ0v) is 22.6. The number of nitriles is 1. The number of rotatable bonds is 9. The molecule has 2 heterocycles. The predicted octanol–water partition coefficient (Wildman–Crippen LogP) is 4.89. The molecule has 5 rings (SSSR count). The Morgan fingerprint density at radius 3 is 2.58 bits per heavy atom. The fourth-order valence-corrected chi connectivity index (χ4v) is 4.26. The number of benzene rings is 3. The summed E-state index contributed by atoms with van der Waals surface area (Å²) in [7, 11) is 5.79. The van der Waals surface area contributed by atoms with Crippen molar-refractivity contribution in [2.24, 2.45) is 4.99 Å². The Balaban J connectivity index is 1.51. The Labute approximate surface area is 233 Å². The Morgan fingerprint density at radius 1 is 1.02 bits per heavy atom. The lowest BCUT2D eigenvalue weighted by Crippen LogP contribution is -2.23. The maximum Gasteiger partial charge on any atom is 0.327 e. The van der Waals surface area contributed by atoms with Crippen molar-refractivity contribution in [3.05, 3.63) is 89.5 Å². The number of hydrogen-bond donors (Lipinski definition) is 2. The molecule has 10 heteroatoms. The highest BCUT2D eigenvalue weighted by molar-refractivity contribution is 5.99. The van der Waals surface area contributed by atoms with Crippen molar-refractivity contribution in [1.29, 1.82) is 5.26 Å². The van der Waals surface area contributed by atoms with Crippen LogP contribution >= 0.6 is 0 Å². The fraction of sp³-hybridized carbons (Fsp3) is 0.200. The number of nitrogens with zero attached hydrogens (tertiary/aromatic N) is 6. The lowest BCUT2D eigenvalue weighted by Gasteiger charge is -2.19. The Morgan fingerprint density at radius 2 is 1.85 bits per heavy atom. The summed E-state index contributed by atoms with van der Waals surface area (Å²) in [6.45, 7) is 2.12. The van der Waals surface area contributed by atoms with Gasteiger partial charge < -0.3 is 30.3 Å². The van der Waals surface area contributed by atoms with Crippen LogP contribution in [0.2, 0.25) is 0 Å². The predicted molar refractivity (Wildman–Crippen MR) is 156 cm³/mol. The van der Waals surface area contributed by atoms with E-state index < -0.39 is 0 Å². The van der Waals surface area contributed by atoms with Crippen LogP contribution in [0.25, 0.3) is 0 Å². The number of ether oxygens (including phenoxy) is 2. The van der Waals surface area contributed by atoms with E-state index in [9.17, 15) is 5.26 Å². The van der Waals surface area contributed by atoms with Gasteiger partial charge in [-0.15, -0.1) is 0 Å². The summed E-state index contributed by atoms with van der Waals surface area (Å²) in [5.41, 5.74) is 9.92. The van der Waals surface area contributed by atoms with Crippen molar-refractivity contribution >= 4 is 23.0 Å². The van der Waals surface area contributed by atoms with Crippen molar-refractivity contribution in [2.45, 2.75) is 6.54 Å². The van der Waals surface area contributed by atoms with Crippen molar-refractivity contribution in [2.75, 3.05) is 50.2 Å². The Bertz CT molecular complexity index is 1580. The van der Waals surface area contributed by atoms with Gasteiger partial charge in [-0.05, 0) is 29.8 Å². The third kappa shape index (κ3) is 5.89. The van der Waals surface area contributed by atoms with E-state index in [1.807, 2.05) is 86.7 Å². The first-order valence-electron chi connectivity index (χ1n) is 12.8. The second-order valence-corrected chi connectivity index (χ2v) is 9.46. The molecule has 0 saturated carbocycles. The van der Waals surface area contributed by atoms with E-state index in [0.29, 0.717) is 29.4 Å². The van der Waals surface area contributed by atoms with Gasteiger partial charge in [-0.25, -0.2) is 0 Å². The smallest absolute Gasteiger partial charge is 0.327 e. The molecule has 0 saturated heterocycles. The molecule has 4 aromatic rings. The first-order chi connectivity index (χ1) is 19.4. The van der Waals surface area contributed by atoms with E-state index in [2.05, 4.69) is 31.2 Å². The van der Waals surface area contributed by atoms with Crippen LogP contribution in [0.4, 0.5) is 17.2 Å². The van der Waals surface area contributed by atoms with Crippen LogP contribution in [-0.2, 0) is 6.54 Å². The van der Waals surface area contributed by atoms with Gasteiger partial charge in [0.2, 0.25) is 0 Å². The second kappa shape index (κ2) is 11.6. The number of hydrogen-bond acceptors (Lipinski definition) is 10. The fourth-order valence-electron chi connectivity index (χ4n) is 4.26. The van der Waals surface area contributed by atoms with Gasteiger partial charge in [-0.2, -0.15) is 15.2 Å². The number of likely N-dealkylation sites (N-methyl/N-ethyl adjacent to an activating group) is 1. The van der Waals surface area contributed by atoms with E-state index in [1.54, 1.807) is 12.1 Å².